The highest BCUT2D eigenvalue weighted by molar-refractivity contribution is 5.89. The predicted molar refractivity (Wildman–Crippen MR) is 40.8 cm³/mol. The third-order valence-corrected chi connectivity index (χ3v) is 1.29. The number of terminal acetylenes is 1. The number of hydrogen-bond donors (Lipinski definition) is 0. The van der Waals surface area contributed by atoms with Crippen molar-refractivity contribution in [1.29, 1.82) is 0 Å². The van der Waals surface area contributed by atoms with E-state index in [4.69, 9.17) is 0 Å². The third kappa shape index (κ3) is 2.04. The number of rotatable bonds is 1. The average Bonchev–Trinajstić information content (AvgIpc) is 2.14. The number of carbonyl (C=O) groups is 1. The smallest absolute Gasteiger partial charge is 0.389 e. The van der Waals surface area contributed by atoms with E-state index in [1.165, 1.54) is 0 Å². The van der Waals surface area contributed by atoms with Crippen LogP contribution in [-0.4, -0.2) is 5.97 Å². The molecule has 0 radical (unpaired) electrons. The highest BCUT2D eigenvalue weighted by Gasteiger charge is 2.12. The molecule has 5 heteroatoms. The van der Waals surface area contributed by atoms with Crippen molar-refractivity contribution in [1.82, 2.24) is 0 Å². The molecule has 0 aliphatic carbocycles. The van der Waals surface area contributed by atoms with Crippen LogP contribution in [0.4, 0.5) is 13.2 Å². The van der Waals surface area contributed by atoms with Gasteiger partial charge in [-0.15, -0.1) is 6.42 Å². The minimum absolute atomic E-state index is 0.482. The molecule has 0 aromatic heterocycles. The summed E-state index contributed by atoms with van der Waals surface area (Å²) in [6.07, 6.45) is 4.64. The first kappa shape index (κ1) is 10.1. The molecule has 0 heterocycles. The lowest BCUT2D eigenvalue weighted by Crippen LogP contribution is -2.05. The standard InChI is InChI=1S/C9H3F3O2/c1-2-8(13)14-5-3-6(10)9(12)7(11)4-5/h1,3-4H. The number of ether oxygens (including phenoxy) is 1. The van der Waals surface area contributed by atoms with Crippen molar-refractivity contribution in [3.63, 3.8) is 0 Å². The number of esters is 1. The van der Waals surface area contributed by atoms with E-state index in [1.807, 2.05) is 0 Å². The van der Waals surface area contributed by atoms with E-state index < -0.39 is 29.2 Å². The number of benzene rings is 1. The van der Waals surface area contributed by atoms with E-state index in [0.717, 1.165) is 0 Å². The van der Waals surface area contributed by atoms with Gasteiger partial charge in [0.15, 0.2) is 17.5 Å². The average molecular weight is 200 g/mol. The topological polar surface area (TPSA) is 26.3 Å². The largest absolute Gasteiger partial charge is 0.417 e. The van der Waals surface area contributed by atoms with Crippen LogP contribution in [0.2, 0.25) is 0 Å². The van der Waals surface area contributed by atoms with Gasteiger partial charge >= 0.3 is 5.97 Å². The normalized spacial score (nSPS) is 9.29. The molecular weight excluding hydrogens is 197 g/mol. The Hall–Kier alpha value is -1.96. The van der Waals surface area contributed by atoms with Gasteiger partial charge in [-0.1, -0.05) is 0 Å². The van der Waals surface area contributed by atoms with Gasteiger partial charge in [-0.05, 0) is 0 Å². The van der Waals surface area contributed by atoms with Crippen LogP contribution >= 0.6 is 0 Å². The Morgan fingerprint density at radius 1 is 1.29 bits per heavy atom. The highest BCUT2D eigenvalue weighted by Crippen LogP contribution is 2.19. The van der Waals surface area contributed by atoms with E-state index in [0.29, 0.717) is 12.1 Å². The summed E-state index contributed by atoms with van der Waals surface area (Å²) in [4.78, 5) is 10.5. The quantitative estimate of drug-likeness (QED) is 0.226. The summed E-state index contributed by atoms with van der Waals surface area (Å²) in [6, 6.07) is 1.04. The molecule has 1 aromatic carbocycles. The van der Waals surface area contributed by atoms with Gasteiger partial charge in [0, 0.05) is 18.1 Å². The molecule has 0 aliphatic rings. The van der Waals surface area contributed by atoms with Gasteiger partial charge in [-0.2, -0.15) is 0 Å². The molecule has 0 saturated heterocycles. The second-order valence-electron chi connectivity index (χ2n) is 2.23. The van der Waals surface area contributed by atoms with Gasteiger partial charge in [0.05, 0.1) is 0 Å². The van der Waals surface area contributed by atoms with Crippen molar-refractivity contribution >= 4 is 5.97 Å². The maximum absolute atomic E-state index is 12.5. The summed E-state index contributed by atoms with van der Waals surface area (Å²) < 4.78 is 41.7. The van der Waals surface area contributed by atoms with Crippen molar-refractivity contribution in [3.8, 4) is 18.1 Å². The lowest BCUT2D eigenvalue weighted by Gasteiger charge is -2.01. The summed E-state index contributed by atoms with van der Waals surface area (Å²) in [5, 5.41) is 0. The van der Waals surface area contributed by atoms with E-state index in [1.54, 1.807) is 5.92 Å². The Balaban J connectivity index is 3.02. The van der Waals surface area contributed by atoms with Gasteiger partial charge in [-0.3, -0.25) is 0 Å². The summed E-state index contributed by atoms with van der Waals surface area (Å²) in [5.74, 6) is -4.57. The number of hydrogen-bond acceptors (Lipinski definition) is 2. The van der Waals surface area contributed by atoms with Crippen LogP contribution in [0.25, 0.3) is 0 Å². The Kier molecular flexibility index (Phi) is 2.77. The van der Waals surface area contributed by atoms with Gasteiger partial charge in [0.25, 0.3) is 0 Å². The molecule has 14 heavy (non-hydrogen) atoms. The van der Waals surface area contributed by atoms with Crippen LogP contribution in [0.1, 0.15) is 0 Å². The second-order valence-corrected chi connectivity index (χ2v) is 2.23. The molecular formula is C9H3F3O2. The maximum atomic E-state index is 12.5. The molecule has 0 atom stereocenters. The van der Waals surface area contributed by atoms with Crippen molar-refractivity contribution in [2.45, 2.75) is 0 Å². The molecule has 0 spiro atoms. The molecule has 0 aliphatic heterocycles. The molecule has 1 rings (SSSR count). The summed E-state index contributed by atoms with van der Waals surface area (Å²) in [5.41, 5.74) is 0. The minimum Gasteiger partial charge on any atom is -0.417 e. The van der Waals surface area contributed by atoms with Crippen LogP contribution in [0, 0.1) is 29.8 Å². The second kappa shape index (κ2) is 3.83. The van der Waals surface area contributed by atoms with Crippen LogP contribution in [0.5, 0.6) is 5.75 Å². The molecule has 0 fully saturated rings. The van der Waals surface area contributed by atoms with Gasteiger partial charge < -0.3 is 4.74 Å². The van der Waals surface area contributed by atoms with Gasteiger partial charge in [-0.25, -0.2) is 18.0 Å². The van der Waals surface area contributed by atoms with E-state index >= 15 is 0 Å². The van der Waals surface area contributed by atoms with Crippen molar-refractivity contribution in [2.24, 2.45) is 0 Å². The lowest BCUT2D eigenvalue weighted by atomic mass is 10.3. The third-order valence-electron chi connectivity index (χ3n) is 1.29. The SMILES string of the molecule is C#CC(=O)Oc1cc(F)c(F)c(F)c1. The molecule has 0 unspecified atom stereocenters. The summed E-state index contributed by atoms with van der Waals surface area (Å²) in [6.45, 7) is 0. The Labute approximate surface area is 77.3 Å². The van der Waals surface area contributed by atoms with Gasteiger partial charge in [0.2, 0.25) is 0 Å². The van der Waals surface area contributed by atoms with Gasteiger partial charge in [0.1, 0.15) is 5.75 Å². The minimum atomic E-state index is -1.63. The van der Waals surface area contributed by atoms with Crippen molar-refractivity contribution < 1.29 is 22.7 Å². The number of halogens is 3. The zero-order chi connectivity index (χ0) is 10.7. The predicted octanol–water partition coefficient (Wildman–Crippen LogP) is 1.64. The highest BCUT2D eigenvalue weighted by atomic mass is 19.2. The Bertz CT molecular complexity index is 398. The molecule has 0 amide bonds. The Morgan fingerprint density at radius 3 is 2.21 bits per heavy atom. The van der Waals surface area contributed by atoms with E-state index in [9.17, 15) is 18.0 Å². The Morgan fingerprint density at radius 2 is 1.79 bits per heavy atom. The van der Waals surface area contributed by atoms with E-state index in [-0.39, 0.29) is 0 Å². The molecule has 0 saturated carbocycles. The monoisotopic (exact) mass is 200 g/mol. The summed E-state index contributed by atoms with van der Waals surface area (Å²) >= 11 is 0. The first-order chi connectivity index (χ1) is 6.54. The molecule has 1 aromatic rings. The fourth-order valence-corrected chi connectivity index (χ4v) is 0.728. The zero-order valence-electron chi connectivity index (χ0n) is 6.68. The van der Waals surface area contributed by atoms with Crippen LogP contribution in [0.15, 0.2) is 12.1 Å². The molecule has 0 bridgehead atoms. The van der Waals surface area contributed by atoms with Crippen LogP contribution in [-0.2, 0) is 4.79 Å². The molecule has 0 N–H and O–H groups in total. The fraction of sp³-hybridized carbons (Fsp3) is 0. The fourth-order valence-electron chi connectivity index (χ4n) is 0.728. The van der Waals surface area contributed by atoms with Crippen molar-refractivity contribution in [3.05, 3.63) is 29.6 Å². The number of carbonyl (C=O) groups excluding carboxylic acids is 1. The van der Waals surface area contributed by atoms with Crippen LogP contribution in [0.3, 0.4) is 0 Å². The lowest BCUT2D eigenvalue weighted by molar-refractivity contribution is -0.128. The molecule has 72 valence electrons. The first-order valence-corrected chi connectivity index (χ1v) is 3.37. The maximum Gasteiger partial charge on any atom is 0.389 e. The van der Waals surface area contributed by atoms with E-state index in [2.05, 4.69) is 11.2 Å². The molecule has 2 nitrogen and oxygen atoms in total. The zero-order valence-corrected chi connectivity index (χ0v) is 6.68. The van der Waals surface area contributed by atoms with Crippen molar-refractivity contribution in [2.75, 3.05) is 0 Å². The first-order valence-electron chi connectivity index (χ1n) is 3.37. The van der Waals surface area contributed by atoms with Crippen LogP contribution < -0.4 is 4.74 Å². The summed E-state index contributed by atoms with van der Waals surface area (Å²) in [7, 11) is 0.